The van der Waals surface area contributed by atoms with Crippen molar-refractivity contribution in [3.8, 4) is 0 Å². The maximum absolute atomic E-state index is 5.77. The quantitative estimate of drug-likeness (QED) is 0.814. The Kier molecular flexibility index (Phi) is 4.80. The molecule has 2 aromatic rings. The zero-order chi connectivity index (χ0) is 13.7. The number of nitrogens with zero attached hydrogens (tertiary/aromatic N) is 1. The average molecular weight is 275 g/mol. The summed E-state index contributed by atoms with van der Waals surface area (Å²) in [6.07, 6.45) is 3.94. The van der Waals surface area contributed by atoms with Crippen LogP contribution in [0.1, 0.15) is 24.5 Å². The summed E-state index contributed by atoms with van der Waals surface area (Å²) in [6.45, 7) is 4.31. The lowest BCUT2D eigenvalue weighted by Gasteiger charge is -2.15. The standard InChI is InChI=1S/C16H19ClN2/c1-12-4-3-5-14(10-12)7-6-13(2)19-15-8-9-16(17)18-11-15/h3-5,8-11,13,19H,6-7H2,1-2H3. The van der Waals surface area contributed by atoms with Gasteiger partial charge in [-0.3, -0.25) is 0 Å². The third kappa shape index (κ3) is 4.56. The molecule has 1 aromatic heterocycles. The highest BCUT2D eigenvalue weighted by Gasteiger charge is 2.03. The topological polar surface area (TPSA) is 24.9 Å². The molecule has 2 nitrogen and oxygen atoms in total. The molecule has 1 aromatic carbocycles. The average Bonchev–Trinajstić information content (AvgIpc) is 2.39. The molecule has 0 aliphatic heterocycles. The maximum atomic E-state index is 5.77. The van der Waals surface area contributed by atoms with Crippen LogP contribution in [-0.4, -0.2) is 11.0 Å². The fourth-order valence-electron chi connectivity index (χ4n) is 2.07. The van der Waals surface area contributed by atoms with Gasteiger partial charge in [0.15, 0.2) is 0 Å². The van der Waals surface area contributed by atoms with E-state index >= 15 is 0 Å². The minimum atomic E-state index is 0.406. The van der Waals surface area contributed by atoms with E-state index in [1.165, 1.54) is 11.1 Å². The van der Waals surface area contributed by atoms with Crippen LogP contribution >= 0.6 is 11.6 Å². The second kappa shape index (κ2) is 6.58. The van der Waals surface area contributed by atoms with E-state index in [2.05, 4.69) is 48.4 Å². The fraction of sp³-hybridized carbons (Fsp3) is 0.312. The number of nitrogens with one attached hydrogen (secondary N) is 1. The van der Waals surface area contributed by atoms with Gasteiger partial charge in [0.2, 0.25) is 0 Å². The second-order valence-corrected chi connectivity index (χ2v) is 5.33. The van der Waals surface area contributed by atoms with Gasteiger partial charge in [0, 0.05) is 6.04 Å². The van der Waals surface area contributed by atoms with Gasteiger partial charge in [-0.1, -0.05) is 41.4 Å². The van der Waals surface area contributed by atoms with Crippen LogP contribution in [0.25, 0.3) is 0 Å². The Labute approximate surface area is 119 Å². The van der Waals surface area contributed by atoms with Gasteiger partial charge in [0.1, 0.15) is 5.15 Å². The fourth-order valence-corrected chi connectivity index (χ4v) is 2.18. The van der Waals surface area contributed by atoms with Crippen LogP contribution in [0.4, 0.5) is 5.69 Å². The SMILES string of the molecule is Cc1cccc(CCC(C)Nc2ccc(Cl)nc2)c1. The van der Waals surface area contributed by atoms with Crippen molar-refractivity contribution >= 4 is 17.3 Å². The van der Waals surface area contributed by atoms with Crippen LogP contribution < -0.4 is 5.32 Å². The zero-order valence-electron chi connectivity index (χ0n) is 11.4. The molecule has 0 fully saturated rings. The van der Waals surface area contributed by atoms with Crippen molar-refractivity contribution in [2.24, 2.45) is 0 Å². The number of rotatable bonds is 5. The molecule has 19 heavy (non-hydrogen) atoms. The van der Waals surface area contributed by atoms with E-state index in [-0.39, 0.29) is 0 Å². The molecular weight excluding hydrogens is 256 g/mol. The highest BCUT2D eigenvalue weighted by atomic mass is 35.5. The largest absolute Gasteiger partial charge is 0.381 e. The molecule has 0 saturated carbocycles. The van der Waals surface area contributed by atoms with Gasteiger partial charge in [0.25, 0.3) is 0 Å². The minimum absolute atomic E-state index is 0.406. The molecule has 3 heteroatoms. The number of benzene rings is 1. The Morgan fingerprint density at radius 3 is 2.79 bits per heavy atom. The number of hydrogen-bond acceptors (Lipinski definition) is 2. The summed E-state index contributed by atoms with van der Waals surface area (Å²) in [4.78, 5) is 4.06. The molecule has 0 radical (unpaired) electrons. The van der Waals surface area contributed by atoms with E-state index in [1.54, 1.807) is 12.3 Å². The number of halogens is 1. The normalized spacial score (nSPS) is 12.2. The number of hydrogen-bond donors (Lipinski definition) is 1. The van der Waals surface area contributed by atoms with Crippen LogP contribution in [0.5, 0.6) is 0 Å². The molecule has 1 N–H and O–H groups in total. The minimum Gasteiger partial charge on any atom is -0.381 e. The highest BCUT2D eigenvalue weighted by molar-refractivity contribution is 6.29. The third-order valence-corrected chi connectivity index (χ3v) is 3.31. The molecule has 0 spiro atoms. The summed E-state index contributed by atoms with van der Waals surface area (Å²) < 4.78 is 0. The molecular formula is C16H19ClN2. The van der Waals surface area contributed by atoms with Crippen molar-refractivity contribution in [1.29, 1.82) is 0 Å². The zero-order valence-corrected chi connectivity index (χ0v) is 12.1. The van der Waals surface area contributed by atoms with Gasteiger partial charge in [-0.15, -0.1) is 0 Å². The van der Waals surface area contributed by atoms with Gasteiger partial charge in [0.05, 0.1) is 11.9 Å². The molecule has 1 heterocycles. The number of aryl methyl sites for hydroxylation is 2. The molecule has 0 aliphatic carbocycles. The summed E-state index contributed by atoms with van der Waals surface area (Å²) in [7, 11) is 0. The Balaban J connectivity index is 1.84. The lowest BCUT2D eigenvalue weighted by atomic mass is 10.0. The van der Waals surface area contributed by atoms with Crippen molar-refractivity contribution in [3.63, 3.8) is 0 Å². The van der Waals surface area contributed by atoms with Gasteiger partial charge in [-0.2, -0.15) is 0 Å². The predicted molar refractivity (Wildman–Crippen MR) is 81.8 cm³/mol. The summed E-state index contributed by atoms with van der Waals surface area (Å²) in [5.74, 6) is 0. The van der Waals surface area contributed by atoms with Crippen LogP contribution in [-0.2, 0) is 6.42 Å². The Hall–Kier alpha value is -1.54. The molecule has 100 valence electrons. The third-order valence-electron chi connectivity index (χ3n) is 3.09. The monoisotopic (exact) mass is 274 g/mol. The van der Waals surface area contributed by atoms with E-state index in [9.17, 15) is 0 Å². The molecule has 0 aliphatic rings. The summed E-state index contributed by atoms with van der Waals surface area (Å²) in [5, 5.41) is 3.96. The van der Waals surface area contributed by atoms with Crippen molar-refractivity contribution < 1.29 is 0 Å². The van der Waals surface area contributed by atoms with Crippen molar-refractivity contribution in [2.45, 2.75) is 32.7 Å². The smallest absolute Gasteiger partial charge is 0.129 e. The summed E-state index contributed by atoms with van der Waals surface area (Å²) >= 11 is 5.77. The van der Waals surface area contributed by atoms with Gasteiger partial charge in [-0.25, -0.2) is 4.98 Å². The lowest BCUT2D eigenvalue weighted by Crippen LogP contribution is -2.16. The molecule has 1 atom stereocenters. The molecule has 2 rings (SSSR count). The van der Waals surface area contributed by atoms with E-state index in [0.29, 0.717) is 11.2 Å². The molecule has 0 saturated heterocycles. The van der Waals surface area contributed by atoms with Crippen LogP contribution in [0, 0.1) is 6.92 Å². The number of pyridine rings is 1. The first-order valence-electron chi connectivity index (χ1n) is 6.57. The van der Waals surface area contributed by atoms with Gasteiger partial charge < -0.3 is 5.32 Å². The Morgan fingerprint density at radius 1 is 1.26 bits per heavy atom. The first-order valence-corrected chi connectivity index (χ1v) is 6.95. The predicted octanol–water partition coefficient (Wildman–Crippen LogP) is 4.48. The lowest BCUT2D eigenvalue weighted by molar-refractivity contribution is 0.705. The molecule has 0 bridgehead atoms. The Morgan fingerprint density at radius 2 is 2.11 bits per heavy atom. The van der Waals surface area contributed by atoms with Crippen molar-refractivity contribution in [3.05, 3.63) is 58.9 Å². The first kappa shape index (κ1) is 13.9. The number of aromatic nitrogens is 1. The summed E-state index contributed by atoms with van der Waals surface area (Å²) in [5.41, 5.74) is 3.73. The molecule has 0 amide bonds. The van der Waals surface area contributed by atoms with E-state index in [1.807, 2.05) is 6.07 Å². The second-order valence-electron chi connectivity index (χ2n) is 4.94. The van der Waals surface area contributed by atoms with Crippen molar-refractivity contribution in [1.82, 2.24) is 4.98 Å². The van der Waals surface area contributed by atoms with Crippen molar-refractivity contribution in [2.75, 3.05) is 5.32 Å². The van der Waals surface area contributed by atoms with Crippen LogP contribution in [0.3, 0.4) is 0 Å². The van der Waals surface area contributed by atoms with E-state index < -0.39 is 0 Å². The van der Waals surface area contributed by atoms with E-state index in [4.69, 9.17) is 11.6 Å². The van der Waals surface area contributed by atoms with Gasteiger partial charge >= 0.3 is 0 Å². The Bertz CT molecular complexity index is 523. The highest BCUT2D eigenvalue weighted by Crippen LogP contribution is 2.13. The van der Waals surface area contributed by atoms with E-state index in [0.717, 1.165) is 18.5 Å². The first-order chi connectivity index (χ1) is 9.13. The van der Waals surface area contributed by atoms with Crippen LogP contribution in [0.15, 0.2) is 42.6 Å². The molecule has 1 unspecified atom stereocenters. The van der Waals surface area contributed by atoms with Crippen LogP contribution in [0.2, 0.25) is 5.15 Å². The number of anilines is 1. The summed E-state index contributed by atoms with van der Waals surface area (Å²) in [6, 6.07) is 12.8. The van der Waals surface area contributed by atoms with Gasteiger partial charge in [-0.05, 0) is 44.4 Å². The maximum Gasteiger partial charge on any atom is 0.129 e.